The summed E-state index contributed by atoms with van der Waals surface area (Å²) in [4.78, 5) is 20.0. The molecule has 7 heteroatoms. The highest BCUT2D eigenvalue weighted by molar-refractivity contribution is 5.97. The van der Waals surface area contributed by atoms with Crippen LogP contribution in [0.5, 0.6) is 0 Å². The molecule has 4 saturated heterocycles. The van der Waals surface area contributed by atoms with E-state index in [2.05, 4.69) is 25.2 Å². The van der Waals surface area contributed by atoms with Crippen molar-refractivity contribution < 1.29 is 4.79 Å². The van der Waals surface area contributed by atoms with Crippen molar-refractivity contribution in [1.29, 1.82) is 0 Å². The van der Waals surface area contributed by atoms with Gasteiger partial charge >= 0.3 is 0 Å². The van der Waals surface area contributed by atoms with Gasteiger partial charge in [-0.05, 0) is 50.0 Å². The molecule has 4 aliphatic heterocycles. The lowest BCUT2D eigenvalue weighted by Gasteiger charge is -2.51. The molecule has 25 heavy (non-hydrogen) atoms. The minimum atomic E-state index is 0.110. The molecule has 4 aliphatic rings. The van der Waals surface area contributed by atoms with Crippen molar-refractivity contribution in [2.45, 2.75) is 18.9 Å². The lowest BCUT2D eigenvalue weighted by atomic mass is 9.83. The molecule has 0 unspecified atom stereocenters. The van der Waals surface area contributed by atoms with Crippen molar-refractivity contribution in [2.24, 2.45) is 5.92 Å². The van der Waals surface area contributed by atoms with Gasteiger partial charge in [-0.1, -0.05) is 0 Å². The highest BCUT2D eigenvalue weighted by Crippen LogP contribution is 2.31. The van der Waals surface area contributed by atoms with Gasteiger partial charge in [-0.3, -0.25) is 9.69 Å². The first-order valence-electron chi connectivity index (χ1n) is 9.34. The van der Waals surface area contributed by atoms with Gasteiger partial charge in [0.05, 0.1) is 0 Å². The zero-order chi connectivity index (χ0) is 16.8. The molecular formula is C18H24N6O. The smallest absolute Gasteiger partial charge is 0.254 e. The molecule has 7 nitrogen and oxygen atoms in total. The summed E-state index contributed by atoms with van der Waals surface area (Å²) in [5, 5.41) is 10.7. The Morgan fingerprint density at radius 1 is 1.00 bits per heavy atom. The van der Waals surface area contributed by atoms with Crippen LogP contribution in [0.2, 0.25) is 0 Å². The number of H-pyrrole nitrogens is 1. The van der Waals surface area contributed by atoms with E-state index in [0.29, 0.717) is 11.6 Å². The Bertz CT molecular complexity index is 773. The van der Waals surface area contributed by atoms with Crippen molar-refractivity contribution >= 4 is 16.9 Å². The number of aromatic amines is 1. The van der Waals surface area contributed by atoms with E-state index >= 15 is 0 Å². The van der Waals surface area contributed by atoms with Crippen molar-refractivity contribution in [1.82, 2.24) is 30.1 Å². The highest BCUT2D eigenvalue weighted by atomic mass is 16.2. The molecule has 1 amide bonds. The number of carbonyl (C=O) groups is 1. The minimum absolute atomic E-state index is 0.110. The topological polar surface area (TPSA) is 68.4 Å². The second kappa shape index (κ2) is 6.07. The zero-order valence-electron chi connectivity index (χ0n) is 14.4. The van der Waals surface area contributed by atoms with E-state index in [9.17, 15) is 4.79 Å². The lowest BCUT2D eigenvalue weighted by molar-refractivity contribution is -0.0131. The van der Waals surface area contributed by atoms with Crippen LogP contribution in [0.25, 0.3) is 11.0 Å². The number of hydrogen-bond acceptors (Lipinski definition) is 5. The number of amides is 1. The number of carbonyl (C=O) groups excluding carboxylic acids is 1. The Morgan fingerprint density at radius 3 is 2.48 bits per heavy atom. The van der Waals surface area contributed by atoms with Crippen LogP contribution < -0.4 is 0 Å². The predicted molar refractivity (Wildman–Crippen MR) is 94.3 cm³/mol. The molecule has 0 radical (unpaired) electrons. The van der Waals surface area contributed by atoms with Gasteiger partial charge in [-0.15, -0.1) is 0 Å². The van der Waals surface area contributed by atoms with Gasteiger partial charge in [-0.2, -0.15) is 15.4 Å². The maximum atomic E-state index is 12.8. The minimum Gasteiger partial charge on any atom is -0.336 e. The van der Waals surface area contributed by atoms with Crippen molar-refractivity contribution in [3.05, 3.63) is 23.8 Å². The molecule has 5 heterocycles. The first-order valence-corrected chi connectivity index (χ1v) is 9.34. The van der Waals surface area contributed by atoms with E-state index in [4.69, 9.17) is 0 Å². The second-order valence-electron chi connectivity index (χ2n) is 7.56. The number of fused-ring (bicyclic) bond motifs is 4. The molecule has 1 atom stereocenters. The average Bonchev–Trinajstić information content (AvgIpc) is 3.16. The summed E-state index contributed by atoms with van der Waals surface area (Å²) in [5.74, 6) is 0.972. The SMILES string of the molecule is O=C(c1ccc2n[nH]nc2c1)N1CCN([C@@H]2CN3CCC2CC3)CC1. The van der Waals surface area contributed by atoms with E-state index in [1.165, 1.54) is 32.5 Å². The molecule has 132 valence electrons. The third-order valence-corrected chi connectivity index (χ3v) is 6.26. The molecule has 4 fully saturated rings. The lowest BCUT2D eigenvalue weighted by Crippen LogP contribution is -2.61. The number of piperidine rings is 3. The number of benzene rings is 1. The fraction of sp³-hybridized carbons (Fsp3) is 0.611. The molecule has 0 spiro atoms. The molecule has 0 aliphatic carbocycles. The number of nitrogens with zero attached hydrogens (tertiary/aromatic N) is 5. The van der Waals surface area contributed by atoms with Crippen LogP contribution in [-0.2, 0) is 0 Å². The van der Waals surface area contributed by atoms with E-state index in [-0.39, 0.29) is 5.91 Å². The number of nitrogens with one attached hydrogen (secondary N) is 1. The van der Waals surface area contributed by atoms with Crippen LogP contribution in [-0.4, -0.2) is 87.9 Å². The Morgan fingerprint density at radius 2 is 1.76 bits per heavy atom. The van der Waals surface area contributed by atoms with Crippen molar-refractivity contribution in [3.63, 3.8) is 0 Å². The number of aromatic nitrogens is 3. The second-order valence-corrected chi connectivity index (χ2v) is 7.56. The molecule has 1 aromatic heterocycles. The Hall–Kier alpha value is -1.99. The molecule has 1 N–H and O–H groups in total. The molecule has 1 aromatic carbocycles. The van der Waals surface area contributed by atoms with E-state index in [0.717, 1.165) is 43.1 Å². The monoisotopic (exact) mass is 340 g/mol. The van der Waals surface area contributed by atoms with Gasteiger partial charge in [0, 0.05) is 44.3 Å². The fourth-order valence-electron chi connectivity index (χ4n) is 4.76. The highest BCUT2D eigenvalue weighted by Gasteiger charge is 2.38. The van der Waals surface area contributed by atoms with E-state index in [1.807, 2.05) is 23.1 Å². The van der Waals surface area contributed by atoms with Crippen molar-refractivity contribution in [3.8, 4) is 0 Å². The zero-order valence-corrected chi connectivity index (χ0v) is 14.4. The van der Waals surface area contributed by atoms with Crippen LogP contribution in [0.1, 0.15) is 23.2 Å². The van der Waals surface area contributed by atoms with E-state index in [1.54, 1.807) is 0 Å². The Kier molecular flexibility index (Phi) is 3.71. The molecule has 0 saturated carbocycles. The van der Waals surface area contributed by atoms with Crippen LogP contribution in [0.4, 0.5) is 0 Å². The van der Waals surface area contributed by atoms with Crippen LogP contribution in [0.3, 0.4) is 0 Å². The molecular weight excluding hydrogens is 316 g/mol. The summed E-state index contributed by atoms with van der Waals surface area (Å²) >= 11 is 0. The summed E-state index contributed by atoms with van der Waals surface area (Å²) in [6.45, 7) is 7.41. The average molecular weight is 340 g/mol. The molecule has 6 rings (SSSR count). The van der Waals surface area contributed by atoms with Crippen LogP contribution in [0, 0.1) is 5.92 Å². The quantitative estimate of drug-likeness (QED) is 0.876. The summed E-state index contributed by atoms with van der Waals surface area (Å²) < 4.78 is 0. The van der Waals surface area contributed by atoms with Crippen LogP contribution in [0.15, 0.2) is 18.2 Å². The first kappa shape index (κ1) is 15.3. The van der Waals surface area contributed by atoms with Crippen molar-refractivity contribution in [2.75, 3.05) is 45.8 Å². The van der Waals surface area contributed by atoms with Gasteiger partial charge in [0.25, 0.3) is 5.91 Å². The fourth-order valence-corrected chi connectivity index (χ4v) is 4.76. The Balaban J connectivity index is 1.24. The standard InChI is InChI=1S/C18H24N6O/c25-18(14-1-2-15-16(11-14)20-21-19-15)24-9-7-23(8-10-24)17-12-22-5-3-13(17)4-6-22/h1-2,11,13,17H,3-10,12H2,(H,19,20,21)/t17-/m1/s1. The molecule has 2 bridgehead atoms. The third kappa shape index (κ3) is 2.71. The van der Waals surface area contributed by atoms with E-state index < -0.39 is 0 Å². The molecule has 2 aromatic rings. The summed E-state index contributed by atoms with van der Waals surface area (Å²) in [6.07, 6.45) is 2.70. The summed E-state index contributed by atoms with van der Waals surface area (Å²) in [6, 6.07) is 6.25. The summed E-state index contributed by atoms with van der Waals surface area (Å²) in [7, 11) is 0. The van der Waals surface area contributed by atoms with Gasteiger partial charge < -0.3 is 9.80 Å². The maximum Gasteiger partial charge on any atom is 0.254 e. The van der Waals surface area contributed by atoms with Gasteiger partial charge in [0.2, 0.25) is 0 Å². The maximum absolute atomic E-state index is 12.8. The van der Waals surface area contributed by atoms with Crippen LogP contribution >= 0.6 is 0 Å². The number of rotatable bonds is 2. The predicted octanol–water partition coefficient (Wildman–Crippen LogP) is 0.810. The number of piperazine rings is 1. The largest absolute Gasteiger partial charge is 0.336 e. The van der Waals surface area contributed by atoms with Gasteiger partial charge in [0.1, 0.15) is 11.0 Å². The number of hydrogen-bond donors (Lipinski definition) is 1. The summed E-state index contributed by atoms with van der Waals surface area (Å²) in [5.41, 5.74) is 2.25. The normalized spacial score (nSPS) is 30.1. The third-order valence-electron chi connectivity index (χ3n) is 6.26. The van der Waals surface area contributed by atoms with Gasteiger partial charge in [-0.25, -0.2) is 0 Å². The first-order chi connectivity index (χ1) is 12.3. The van der Waals surface area contributed by atoms with Gasteiger partial charge in [0.15, 0.2) is 0 Å². The Labute approximate surface area is 147 Å².